The molecule has 0 aliphatic heterocycles. The first-order valence-corrected chi connectivity index (χ1v) is 10.9. The summed E-state index contributed by atoms with van der Waals surface area (Å²) in [4.78, 5) is 25.0. The van der Waals surface area contributed by atoms with E-state index in [-0.39, 0.29) is 18.4 Å². The highest BCUT2D eigenvalue weighted by Crippen LogP contribution is 2.25. The molecule has 6 heteroatoms. The Morgan fingerprint density at radius 2 is 1.89 bits per heavy atom. The summed E-state index contributed by atoms with van der Waals surface area (Å²) in [6, 6.07) is 14.6. The number of amides is 2. The molecule has 0 radical (unpaired) electrons. The molecule has 2 N–H and O–H groups in total. The first kappa shape index (κ1) is 20.3. The monoisotopic (exact) mass is 398 g/mol. The highest BCUT2D eigenvalue weighted by atomic mass is 32.2. The summed E-state index contributed by atoms with van der Waals surface area (Å²) in [5.74, 6) is 0.905. The van der Waals surface area contributed by atoms with Gasteiger partial charge >= 0.3 is 0 Å². The first-order valence-electron chi connectivity index (χ1n) is 9.54. The normalized spacial score (nSPS) is 13.5. The molecule has 0 saturated carbocycles. The summed E-state index contributed by atoms with van der Waals surface area (Å²) in [5.41, 5.74) is 3.46. The minimum absolute atomic E-state index is 0.119. The molecule has 0 aromatic heterocycles. The van der Waals surface area contributed by atoms with E-state index in [0.29, 0.717) is 12.2 Å². The van der Waals surface area contributed by atoms with Crippen molar-refractivity contribution in [1.82, 2.24) is 5.32 Å². The smallest absolute Gasteiger partial charge is 0.258 e. The number of anilines is 1. The molecule has 28 heavy (non-hydrogen) atoms. The van der Waals surface area contributed by atoms with E-state index in [1.165, 1.54) is 17.5 Å². The zero-order valence-corrected chi connectivity index (χ0v) is 16.9. The number of nitrogens with one attached hydrogen (secondary N) is 2. The van der Waals surface area contributed by atoms with E-state index in [2.05, 4.69) is 16.7 Å². The van der Waals surface area contributed by atoms with Gasteiger partial charge in [-0.3, -0.25) is 9.59 Å². The maximum atomic E-state index is 12.8. The van der Waals surface area contributed by atoms with Gasteiger partial charge < -0.3 is 15.4 Å². The third-order valence-corrected chi connectivity index (χ3v) is 5.39. The van der Waals surface area contributed by atoms with Crippen LogP contribution in [0.2, 0.25) is 0 Å². The van der Waals surface area contributed by atoms with Crippen LogP contribution in [0.25, 0.3) is 0 Å². The van der Waals surface area contributed by atoms with Gasteiger partial charge in [-0.25, -0.2) is 0 Å². The lowest BCUT2D eigenvalue weighted by atomic mass is 10.1. The largest absolute Gasteiger partial charge is 0.484 e. The van der Waals surface area contributed by atoms with Crippen LogP contribution in [-0.2, 0) is 22.4 Å². The fourth-order valence-electron chi connectivity index (χ4n) is 3.29. The van der Waals surface area contributed by atoms with Crippen molar-refractivity contribution < 1.29 is 14.3 Å². The van der Waals surface area contributed by atoms with Gasteiger partial charge in [0.15, 0.2) is 6.61 Å². The molecule has 0 heterocycles. The van der Waals surface area contributed by atoms with Crippen LogP contribution in [0.4, 0.5) is 5.69 Å². The van der Waals surface area contributed by atoms with Crippen LogP contribution in [0, 0.1) is 0 Å². The van der Waals surface area contributed by atoms with E-state index in [0.717, 1.165) is 24.3 Å². The summed E-state index contributed by atoms with van der Waals surface area (Å²) >= 11 is 1.64. The van der Waals surface area contributed by atoms with Crippen LogP contribution >= 0.6 is 11.8 Å². The number of carbonyl (C=O) groups is 2. The highest BCUT2D eigenvalue weighted by Gasteiger charge is 2.21. The molecule has 0 unspecified atom stereocenters. The van der Waals surface area contributed by atoms with Gasteiger partial charge in [-0.2, -0.15) is 11.8 Å². The molecule has 0 fully saturated rings. The Bertz CT molecular complexity index is 811. The predicted molar refractivity (Wildman–Crippen MR) is 114 cm³/mol. The minimum Gasteiger partial charge on any atom is -0.484 e. The molecule has 2 aromatic carbocycles. The fourth-order valence-corrected chi connectivity index (χ4v) is 3.76. The molecule has 1 aliphatic rings. The SMILES string of the molecule is CSCC[C@@H](NC(=O)COc1ccccc1)C(=O)Nc1ccc2c(c1)CCC2. The summed E-state index contributed by atoms with van der Waals surface area (Å²) < 4.78 is 5.47. The number of fused-ring (bicyclic) bond motifs is 1. The van der Waals surface area contributed by atoms with Gasteiger partial charge in [0.25, 0.3) is 5.91 Å². The van der Waals surface area contributed by atoms with E-state index in [4.69, 9.17) is 4.74 Å². The molecular formula is C22H26N2O3S. The van der Waals surface area contributed by atoms with Crippen molar-refractivity contribution in [2.45, 2.75) is 31.7 Å². The maximum absolute atomic E-state index is 12.8. The second-order valence-corrected chi connectivity index (χ2v) is 7.82. The predicted octanol–water partition coefficient (Wildman–Crippen LogP) is 3.43. The second kappa shape index (κ2) is 10.2. The number of rotatable bonds is 9. The van der Waals surface area contributed by atoms with Crippen LogP contribution in [0.1, 0.15) is 24.0 Å². The van der Waals surface area contributed by atoms with Gasteiger partial charge in [0.05, 0.1) is 0 Å². The maximum Gasteiger partial charge on any atom is 0.258 e. The fraction of sp³-hybridized carbons (Fsp3) is 0.364. The summed E-state index contributed by atoms with van der Waals surface area (Å²) in [6.07, 6.45) is 5.88. The van der Waals surface area contributed by atoms with Crippen molar-refractivity contribution in [3.8, 4) is 5.75 Å². The molecule has 1 aliphatic carbocycles. The molecule has 0 bridgehead atoms. The van der Waals surface area contributed by atoms with Gasteiger partial charge in [-0.05, 0) is 73.1 Å². The van der Waals surface area contributed by atoms with Gasteiger partial charge in [0, 0.05) is 5.69 Å². The number of benzene rings is 2. The lowest BCUT2D eigenvalue weighted by Gasteiger charge is -2.19. The molecule has 2 amide bonds. The summed E-state index contributed by atoms with van der Waals surface area (Å²) in [7, 11) is 0. The molecule has 2 aromatic rings. The van der Waals surface area contributed by atoms with Gasteiger partial charge in [-0.15, -0.1) is 0 Å². The van der Waals surface area contributed by atoms with E-state index in [1.807, 2.05) is 36.6 Å². The van der Waals surface area contributed by atoms with E-state index < -0.39 is 6.04 Å². The Hall–Kier alpha value is -2.47. The number of ether oxygens (including phenoxy) is 1. The second-order valence-electron chi connectivity index (χ2n) is 6.83. The number of carbonyl (C=O) groups excluding carboxylic acids is 2. The van der Waals surface area contributed by atoms with Gasteiger partial charge in [-0.1, -0.05) is 24.3 Å². The van der Waals surface area contributed by atoms with E-state index >= 15 is 0 Å². The Morgan fingerprint density at radius 3 is 2.68 bits per heavy atom. The van der Waals surface area contributed by atoms with Gasteiger partial charge in [0.2, 0.25) is 5.91 Å². The molecule has 0 spiro atoms. The Labute approximate surface area is 170 Å². The third-order valence-electron chi connectivity index (χ3n) is 4.74. The van der Waals surface area contributed by atoms with Crippen LogP contribution in [-0.4, -0.2) is 36.5 Å². The van der Waals surface area contributed by atoms with E-state index in [9.17, 15) is 9.59 Å². The molecular weight excluding hydrogens is 372 g/mol. The van der Waals surface area contributed by atoms with Crippen LogP contribution < -0.4 is 15.4 Å². The number of hydrogen-bond donors (Lipinski definition) is 2. The van der Waals surface area contributed by atoms with Gasteiger partial charge in [0.1, 0.15) is 11.8 Å². The molecule has 5 nitrogen and oxygen atoms in total. The summed E-state index contributed by atoms with van der Waals surface area (Å²) in [5, 5.41) is 5.76. The average Bonchev–Trinajstić information content (AvgIpc) is 3.18. The molecule has 3 rings (SSSR count). The zero-order chi connectivity index (χ0) is 19.8. The van der Waals surface area contributed by atoms with E-state index in [1.54, 1.807) is 23.9 Å². The standard InChI is InChI=1S/C22H26N2O3S/c1-28-13-12-20(24-21(25)15-27-19-8-3-2-4-9-19)22(26)23-18-11-10-16-6-5-7-17(16)14-18/h2-4,8-11,14,20H,5-7,12-13,15H2,1H3,(H,23,26)(H,24,25)/t20-/m1/s1. The molecule has 0 saturated heterocycles. The summed E-state index contributed by atoms with van der Waals surface area (Å²) in [6.45, 7) is -0.119. The number of para-hydroxylation sites is 1. The number of thioether (sulfide) groups is 1. The van der Waals surface area contributed by atoms with Crippen molar-refractivity contribution in [2.24, 2.45) is 0 Å². The number of aryl methyl sites for hydroxylation is 2. The molecule has 1 atom stereocenters. The number of hydrogen-bond acceptors (Lipinski definition) is 4. The zero-order valence-electron chi connectivity index (χ0n) is 16.1. The van der Waals surface area contributed by atoms with Crippen molar-refractivity contribution in [1.29, 1.82) is 0 Å². The topological polar surface area (TPSA) is 67.4 Å². The van der Waals surface area contributed by atoms with Crippen molar-refractivity contribution in [3.05, 3.63) is 59.7 Å². The van der Waals surface area contributed by atoms with Crippen molar-refractivity contribution in [2.75, 3.05) is 23.9 Å². The quantitative estimate of drug-likeness (QED) is 0.679. The Balaban J connectivity index is 1.57. The first-order chi connectivity index (χ1) is 13.7. The highest BCUT2D eigenvalue weighted by molar-refractivity contribution is 7.98. The Kier molecular flexibility index (Phi) is 7.37. The lowest BCUT2D eigenvalue weighted by Crippen LogP contribution is -2.45. The van der Waals surface area contributed by atoms with Crippen LogP contribution in [0.5, 0.6) is 5.75 Å². The Morgan fingerprint density at radius 1 is 1.11 bits per heavy atom. The molecule has 148 valence electrons. The van der Waals surface area contributed by atoms with Crippen LogP contribution in [0.15, 0.2) is 48.5 Å². The van der Waals surface area contributed by atoms with Crippen LogP contribution in [0.3, 0.4) is 0 Å². The van der Waals surface area contributed by atoms with Crippen molar-refractivity contribution >= 4 is 29.3 Å². The lowest BCUT2D eigenvalue weighted by molar-refractivity contribution is -0.127. The third kappa shape index (κ3) is 5.76. The van der Waals surface area contributed by atoms with Crippen molar-refractivity contribution in [3.63, 3.8) is 0 Å². The average molecular weight is 399 g/mol. The minimum atomic E-state index is -0.590.